The summed E-state index contributed by atoms with van der Waals surface area (Å²) in [6.45, 7) is -0.00104. The van der Waals surface area contributed by atoms with Crippen molar-refractivity contribution in [2.24, 2.45) is 5.92 Å². The van der Waals surface area contributed by atoms with Gasteiger partial charge in [0.25, 0.3) is 0 Å². The molecule has 0 bridgehead atoms. The Kier molecular flexibility index (Phi) is 4.84. The molecule has 0 aromatic rings. The average molecular weight is 221 g/mol. The van der Waals surface area contributed by atoms with Crippen LogP contribution < -0.4 is 4.72 Å². The van der Waals surface area contributed by atoms with E-state index in [4.69, 9.17) is 5.11 Å². The molecule has 14 heavy (non-hydrogen) atoms. The lowest BCUT2D eigenvalue weighted by atomic mass is 9.91. The molecule has 84 valence electrons. The number of hydrogen-bond acceptors (Lipinski definition) is 3. The molecular formula is C9H19NO3S. The van der Waals surface area contributed by atoms with Crippen molar-refractivity contribution in [1.82, 2.24) is 4.72 Å². The highest BCUT2D eigenvalue weighted by Crippen LogP contribution is 2.24. The Bertz CT molecular complexity index is 245. The van der Waals surface area contributed by atoms with Crippen molar-refractivity contribution in [1.29, 1.82) is 0 Å². The SMILES string of the molecule is O=S(=O)(CC1CCCCC1)NCCO. The number of nitrogens with one attached hydrogen (secondary N) is 1. The lowest BCUT2D eigenvalue weighted by Crippen LogP contribution is -2.32. The molecule has 2 N–H and O–H groups in total. The van der Waals surface area contributed by atoms with Crippen LogP contribution in [0.2, 0.25) is 0 Å². The first kappa shape index (κ1) is 11.9. The van der Waals surface area contributed by atoms with Crippen LogP contribution in [0.1, 0.15) is 32.1 Å². The molecule has 0 heterocycles. The van der Waals surface area contributed by atoms with E-state index in [-0.39, 0.29) is 18.9 Å². The van der Waals surface area contributed by atoms with Crippen molar-refractivity contribution in [3.05, 3.63) is 0 Å². The highest BCUT2D eigenvalue weighted by Gasteiger charge is 2.20. The first-order chi connectivity index (χ1) is 6.64. The topological polar surface area (TPSA) is 66.4 Å². The maximum Gasteiger partial charge on any atom is 0.211 e. The second kappa shape index (κ2) is 5.68. The van der Waals surface area contributed by atoms with E-state index in [0.717, 1.165) is 25.7 Å². The third-order valence-corrected chi connectivity index (χ3v) is 4.17. The monoisotopic (exact) mass is 221 g/mol. The molecule has 1 saturated carbocycles. The largest absolute Gasteiger partial charge is 0.395 e. The molecule has 0 atom stereocenters. The Morgan fingerprint density at radius 3 is 2.43 bits per heavy atom. The van der Waals surface area contributed by atoms with Gasteiger partial charge in [0.1, 0.15) is 0 Å². The maximum absolute atomic E-state index is 11.4. The van der Waals surface area contributed by atoms with E-state index in [0.29, 0.717) is 5.92 Å². The van der Waals surface area contributed by atoms with Crippen LogP contribution in [0.25, 0.3) is 0 Å². The summed E-state index contributed by atoms with van der Waals surface area (Å²) in [4.78, 5) is 0. The van der Waals surface area contributed by atoms with Gasteiger partial charge >= 0.3 is 0 Å². The van der Waals surface area contributed by atoms with Gasteiger partial charge in [0.15, 0.2) is 0 Å². The smallest absolute Gasteiger partial charge is 0.211 e. The standard InChI is InChI=1S/C9H19NO3S/c11-7-6-10-14(12,13)8-9-4-2-1-3-5-9/h9-11H,1-8H2. The van der Waals surface area contributed by atoms with E-state index in [1.165, 1.54) is 6.42 Å². The molecule has 0 radical (unpaired) electrons. The molecular weight excluding hydrogens is 202 g/mol. The zero-order chi connectivity index (χ0) is 10.4. The van der Waals surface area contributed by atoms with E-state index in [1.54, 1.807) is 0 Å². The summed E-state index contributed by atoms with van der Waals surface area (Å²) in [5, 5.41) is 8.51. The molecule has 0 amide bonds. The predicted molar refractivity (Wildman–Crippen MR) is 55.5 cm³/mol. The summed E-state index contributed by atoms with van der Waals surface area (Å²) in [7, 11) is -3.15. The molecule has 0 aromatic carbocycles. The Morgan fingerprint density at radius 1 is 1.21 bits per heavy atom. The van der Waals surface area contributed by atoms with Crippen LogP contribution in [0.3, 0.4) is 0 Å². The minimum Gasteiger partial charge on any atom is -0.395 e. The number of aliphatic hydroxyl groups is 1. The van der Waals surface area contributed by atoms with Crippen molar-refractivity contribution in [2.45, 2.75) is 32.1 Å². The summed E-state index contributed by atoms with van der Waals surface area (Å²) < 4.78 is 25.2. The molecule has 1 aliphatic carbocycles. The van der Waals surface area contributed by atoms with Crippen LogP contribution in [-0.4, -0.2) is 32.4 Å². The Morgan fingerprint density at radius 2 is 1.86 bits per heavy atom. The van der Waals surface area contributed by atoms with E-state index in [1.807, 2.05) is 0 Å². The van der Waals surface area contributed by atoms with Crippen molar-refractivity contribution >= 4 is 10.0 Å². The van der Waals surface area contributed by atoms with E-state index >= 15 is 0 Å². The van der Waals surface area contributed by atoms with E-state index in [2.05, 4.69) is 4.72 Å². The van der Waals surface area contributed by atoms with Crippen LogP contribution >= 0.6 is 0 Å². The molecule has 0 saturated heterocycles. The summed E-state index contributed by atoms with van der Waals surface area (Å²) in [5.74, 6) is 0.549. The molecule has 5 heteroatoms. The van der Waals surface area contributed by atoms with Gasteiger partial charge in [-0.05, 0) is 18.8 Å². The fourth-order valence-corrected chi connectivity index (χ4v) is 3.40. The lowest BCUT2D eigenvalue weighted by molar-refractivity contribution is 0.300. The van der Waals surface area contributed by atoms with E-state index in [9.17, 15) is 8.42 Å². The Balaban J connectivity index is 2.33. The summed E-state index contributed by atoms with van der Waals surface area (Å²) in [6, 6.07) is 0. The molecule has 1 aliphatic rings. The van der Waals surface area contributed by atoms with Gasteiger partial charge in [-0.1, -0.05) is 19.3 Å². The van der Waals surface area contributed by atoms with Crippen LogP contribution in [0.5, 0.6) is 0 Å². The van der Waals surface area contributed by atoms with Gasteiger partial charge in [0, 0.05) is 6.54 Å². The molecule has 1 fully saturated rings. The molecule has 4 nitrogen and oxygen atoms in total. The predicted octanol–water partition coefficient (Wildman–Crippen LogP) is 0.478. The molecule has 0 unspecified atom stereocenters. The number of aliphatic hydroxyl groups excluding tert-OH is 1. The maximum atomic E-state index is 11.4. The van der Waals surface area contributed by atoms with Crippen molar-refractivity contribution in [2.75, 3.05) is 18.9 Å². The summed E-state index contributed by atoms with van der Waals surface area (Å²) in [6.07, 6.45) is 5.60. The van der Waals surface area contributed by atoms with Crippen LogP contribution in [0.4, 0.5) is 0 Å². The second-order valence-electron chi connectivity index (χ2n) is 3.90. The highest BCUT2D eigenvalue weighted by molar-refractivity contribution is 7.89. The lowest BCUT2D eigenvalue weighted by Gasteiger charge is -2.21. The van der Waals surface area contributed by atoms with E-state index < -0.39 is 10.0 Å². The van der Waals surface area contributed by atoms with Gasteiger partial charge < -0.3 is 5.11 Å². The van der Waals surface area contributed by atoms with Crippen LogP contribution in [0, 0.1) is 5.92 Å². The minimum atomic E-state index is -3.15. The zero-order valence-electron chi connectivity index (χ0n) is 8.41. The molecule has 0 aromatic heterocycles. The quantitative estimate of drug-likeness (QED) is 0.709. The average Bonchev–Trinajstić information content (AvgIpc) is 2.16. The minimum absolute atomic E-state index is 0.134. The van der Waals surface area contributed by atoms with Gasteiger partial charge in [0.05, 0.1) is 12.4 Å². The number of rotatable bonds is 5. The third-order valence-electron chi connectivity index (χ3n) is 2.61. The van der Waals surface area contributed by atoms with Crippen molar-refractivity contribution in [3.8, 4) is 0 Å². The first-order valence-corrected chi connectivity index (χ1v) is 6.87. The summed E-state index contributed by atoms with van der Waals surface area (Å²) in [5.41, 5.74) is 0. The summed E-state index contributed by atoms with van der Waals surface area (Å²) >= 11 is 0. The fourth-order valence-electron chi connectivity index (χ4n) is 1.92. The van der Waals surface area contributed by atoms with Crippen molar-refractivity contribution in [3.63, 3.8) is 0 Å². The second-order valence-corrected chi connectivity index (χ2v) is 5.75. The fraction of sp³-hybridized carbons (Fsp3) is 1.00. The Labute approximate surface area is 85.8 Å². The van der Waals surface area contributed by atoms with Crippen LogP contribution in [-0.2, 0) is 10.0 Å². The molecule has 0 spiro atoms. The van der Waals surface area contributed by atoms with Crippen LogP contribution in [0.15, 0.2) is 0 Å². The first-order valence-electron chi connectivity index (χ1n) is 5.22. The number of sulfonamides is 1. The van der Waals surface area contributed by atoms with Gasteiger partial charge in [0.2, 0.25) is 10.0 Å². The van der Waals surface area contributed by atoms with Gasteiger partial charge in [-0.3, -0.25) is 0 Å². The van der Waals surface area contributed by atoms with Gasteiger partial charge in [-0.15, -0.1) is 0 Å². The highest BCUT2D eigenvalue weighted by atomic mass is 32.2. The van der Waals surface area contributed by atoms with Gasteiger partial charge in [-0.25, -0.2) is 13.1 Å². The zero-order valence-corrected chi connectivity index (χ0v) is 9.22. The normalized spacial score (nSPS) is 19.8. The Hall–Kier alpha value is -0.130. The third kappa shape index (κ3) is 4.39. The van der Waals surface area contributed by atoms with Crippen molar-refractivity contribution < 1.29 is 13.5 Å². The number of hydrogen-bond donors (Lipinski definition) is 2. The molecule has 1 rings (SSSR count). The van der Waals surface area contributed by atoms with Gasteiger partial charge in [-0.2, -0.15) is 0 Å². The molecule has 0 aliphatic heterocycles.